The first kappa shape index (κ1) is 19.6. The van der Waals surface area contributed by atoms with Crippen molar-refractivity contribution in [2.24, 2.45) is 0 Å². The first-order chi connectivity index (χ1) is 14.2. The highest BCUT2D eigenvalue weighted by atomic mass is 32.1. The average Bonchev–Trinajstić information content (AvgIpc) is 3.40. The Kier molecular flexibility index (Phi) is 6.22. The Bertz CT molecular complexity index is 952. The van der Waals surface area contributed by atoms with Crippen molar-refractivity contribution in [1.29, 1.82) is 0 Å². The zero-order valence-electron chi connectivity index (χ0n) is 16.4. The Hall–Kier alpha value is -2.70. The fraction of sp³-hybridized carbons (Fsp3) is 0.304. The van der Waals surface area contributed by atoms with Gasteiger partial charge in [-0.15, -0.1) is 11.3 Å². The average molecular weight is 409 g/mol. The molecule has 2 aromatic heterocycles. The lowest BCUT2D eigenvalue weighted by molar-refractivity contribution is 0.0734. The molecule has 3 aromatic rings. The number of aryl methyl sites for hydroxylation is 1. The van der Waals surface area contributed by atoms with Gasteiger partial charge in [-0.05, 0) is 59.3 Å². The van der Waals surface area contributed by atoms with E-state index in [-0.39, 0.29) is 12.0 Å². The van der Waals surface area contributed by atoms with Crippen LogP contribution in [0, 0.1) is 6.92 Å². The number of hydrogen-bond acceptors (Lipinski definition) is 5. The molecule has 0 unspecified atom stereocenters. The Morgan fingerprint density at radius 2 is 2.03 bits per heavy atom. The summed E-state index contributed by atoms with van der Waals surface area (Å²) in [4.78, 5) is 20.0. The van der Waals surface area contributed by atoms with Gasteiger partial charge in [-0.1, -0.05) is 12.1 Å². The maximum absolute atomic E-state index is 13.3. The van der Waals surface area contributed by atoms with E-state index in [0.717, 1.165) is 40.3 Å². The van der Waals surface area contributed by atoms with E-state index < -0.39 is 0 Å². The van der Waals surface area contributed by atoms with Gasteiger partial charge in [0, 0.05) is 31.9 Å². The molecule has 6 heteroatoms. The van der Waals surface area contributed by atoms with Crippen molar-refractivity contribution in [2.75, 3.05) is 13.2 Å². The Labute approximate surface area is 174 Å². The van der Waals surface area contributed by atoms with Crippen LogP contribution in [0.2, 0.25) is 0 Å². The molecule has 29 heavy (non-hydrogen) atoms. The standard InChI is InChI=1S/C23H24N2O3S/c1-17-8-12-29-22(17)23(26)25(14-18-5-9-24-10-6-18)15-19-3-2-4-20(13-19)28-21-7-11-27-16-21/h2-6,8-10,12-13,21H,7,11,14-16H2,1H3/t21-/m0/s1. The van der Waals surface area contributed by atoms with Crippen LogP contribution in [0.3, 0.4) is 0 Å². The smallest absolute Gasteiger partial charge is 0.264 e. The topological polar surface area (TPSA) is 51.7 Å². The van der Waals surface area contributed by atoms with E-state index in [4.69, 9.17) is 9.47 Å². The number of aromatic nitrogens is 1. The molecule has 0 radical (unpaired) electrons. The van der Waals surface area contributed by atoms with Crippen molar-refractivity contribution in [1.82, 2.24) is 9.88 Å². The number of pyridine rings is 1. The van der Waals surface area contributed by atoms with Crippen LogP contribution in [0.4, 0.5) is 0 Å². The van der Waals surface area contributed by atoms with Crippen molar-refractivity contribution in [3.8, 4) is 5.75 Å². The molecular formula is C23H24N2O3S. The van der Waals surface area contributed by atoms with Gasteiger partial charge in [0.2, 0.25) is 0 Å². The van der Waals surface area contributed by atoms with Gasteiger partial charge >= 0.3 is 0 Å². The highest BCUT2D eigenvalue weighted by Gasteiger charge is 2.21. The number of benzene rings is 1. The van der Waals surface area contributed by atoms with Crippen molar-refractivity contribution in [3.05, 3.63) is 81.8 Å². The summed E-state index contributed by atoms with van der Waals surface area (Å²) in [7, 11) is 0. The van der Waals surface area contributed by atoms with Gasteiger partial charge < -0.3 is 14.4 Å². The normalized spacial score (nSPS) is 16.0. The molecule has 0 bridgehead atoms. The Morgan fingerprint density at radius 3 is 2.76 bits per heavy atom. The molecule has 1 aliphatic heterocycles. The molecular weight excluding hydrogens is 384 g/mol. The molecule has 0 saturated carbocycles. The lowest BCUT2D eigenvalue weighted by Gasteiger charge is -2.23. The molecule has 1 aliphatic rings. The van der Waals surface area contributed by atoms with Gasteiger partial charge in [-0.2, -0.15) is 0 Å². The number of rotatable bonds is 7. The second-order valence-electron chi connectivity index (χ2n) is 7.20. The van der Waals surface area contributed by atoms with Crippen LogP contribution in [-0.2, 0) is 17.8 Å². The molecule has 150 valence electrons. The number of nitrogens with zero attached hydrogens (tertiary/aromatic N) is 2. The predicted octanol–water partition coefficient (Wildman–Crippen LogP) is 4.46. The zero-order valence-corrected chi connectivity index (χ0v) is 17.2. The molecule has 4 rings (SSSR count). The van der Waals surface area contributed by atoms with Crippen LogP contribution in [0.1, 0.15) is 32.8 Å². The molecule has 5 nitrogen and oxygen atoms in total. The van der Waals surface area contributed by atoms with Crippen LogP contribution in [0.25, 0.3) is 0 Å². The summed E-state index contributed by atoms with van der Waals surface area (Å²) in [5.74, 6) is 0.867. The van der Waals surface area contributed by atoms with E-state index in [1.165, 1.54) is 11.3 Å². The summed E-state index contributed by atoms with van der Waals surface area (Å²) in [6, 6.07) is 13.9. The lowest BCUT2D eigenvalue weighted by atomic mass is 10.1. The zero-order chi connectivity index (χ0) is 20.1. The minimum Gasteiger partial charge on any atom is -0.488 e. The largest absolute Gasteiger partial charge is 0.488 e. The highest BCUT2D eigenvalue weighted by molar-refractivity contribution is 7.12. The van der Waals surface area contributed by atoms with Crippen molar-refractivity contribution in [2.45, 2.75) is 32.5 Å². The maximum atomic E-state index is 13.3. The fourth-order valence-electron chi connectivity index (χ4n) is 3.38. The molecule has 1 saturated heterocycles. The molecule has 3 heterocycles. The molecule has 1 aromatic carbocycles. The number of amides is 1. The minimum absolute atomic E-state index is 0.0461. The summed E-state index contributed by atoms with van der Waals surface area (Å²) in [5.41, 5.74) is 3.11. The fourth-order valence-corrected chi connectivity index (χ4v) is 4.27. The molecule has 0 spiro atoms. The number of thiophene rings is 1. The third-order valence-corrected chi connectivity index (χ3v) is 5.93. The van der Waals surface area contributed by atoms with Gasteiger partial charge in [-0.3, -0.25) is 9.78 Å². The number of hydrogen-bond donors (Lipinski definition) is 0. The van der Waals surface area contributed by atoms with E-state index in [1.54, 1.807) is 12.4 Å². The number of carbonyl (C=O) groups is 1. The van der Waals surface area contributed by atoms with Gasteiger partial charge in [0.05, 0.1) is 18.1 Å². The lowest BCUT2D eigenvalue weighted by Crippen LogP contribution is -2.30. The summed E-state index contributed by atoms with van der Waals surface area (Å²) < 4.78 is 11.4. The first-order valence-corrected chi connectivity index (χ1v) is 10.6. The molecule has 0 N–H and O–H groups in total. The highest BCUT2D eigenvalue weighted by Crippen LogP contribution is 2.23. The maximum Gasteiger partial charge on any atom is 0.264 e. The third kappa shape index (κ3) is 5.02. The van der Waals surface area contributed by atoms with Crippen molar-refractivity contribution >= 4 is 17.2 Å². The van der Waals surface area contributed by atoms with Crippen molar-refractivity contribution < 1.29 is 14.3 Å². The SMILES string of the molecule is Cc1ccsc1C(=O)N(Cc1ccncc1)Cc1cccc(O[C@H]2CCOC2)c1. The van der Waals surface area contributed by atoms with Crippen LogP contribution >= 0.6 is 11.3 Å². The van der Waals surface area contributed by atoms with Gasteiger partial charge in [0.25, 0.3) is 5.91 Å². The van der Waals surface area contributed by atoms with E-state index in [2.05, 4.69) is 4.98 Å². The van der Waals surface area contributed by atoms with E-state index in [0.29, 0.717) is 19.7 Å². The second-order valence-corrected chi connectivity index (χ2v) is 8.12. The van der Waals surface area contributed by atoms with Crippen molar-refractivity contribution in [3.63, 3.8) is 0 Å². The quantitative estimate of drug-likeness (QED) is 0.579. The van der Waals surface area contributed by atoms with Gasteiger partial charge in [0.1, 0.15) is 11.9 Å². The predicted molar refractivity (Wildman–Crippen MR) is 113 cm³/mol. The molecule has 0 aliphatic carbocycles. The van der Waals surface area contributed by atoms with Crippen LogP contribution in [0.15, 0.2) is 60.2 Å². The van der Waals surface area contributed by atoms with Crippen LogP contribution < -0.4 is 4.74 Å². The third-order valence-electron chi connectivity index (χ3n) is 4.93. The summed E-state index contributed by atoms with van der Waals surface area (Å²) in [6.45, 7) is 4.40. The minimum atomic E-state index is 0.0461. The molecule has 1 fully saturated rings. The molecule has 1 atom stereocenters. The number of carbonyl (C=O) groups excluding carboxylic acids is 1. The van der Waals surface area contributed by atoms with Crippen LogP contribution in [-0.4, -0.2) is 35.1 Å². The van der Waals surface area contributed by atoms with E-state index in [1.807, 2.05) is 59.7 Å². The van der Waals surface area contributed by atoms with Crippen LogP contribution in [0.5, 0.6) is 5.75 Å². The summed E-state index contributed by atoms with van der Waals surface area (Å²) in [5, 5.41) is 1.96. The van der Waals surface area contributed by atoms with E-state index >= 15 is 0 Å². The Balaban J connectivity index is 1.54. The summed E-state index contributed by atoms with van der Waals surface area (Å²) >= 11 is 1.49. The Morgan fingerprint density at radius 1 is 1.21 bits per heavy atom. The van der Waals surface area contributed by atoms with E-state index in [9.17, 15) is 4.79 Å². The van der Waals surface area contributed by atoms with Gasteiger partial charge in [-0.25, -0.2) is 0 Å². The summed E-state index contributed by atoms with van der Waals surface area (Å²) in [6.07, 6.45) is 4.53. The number of ether oxygens (including phenoxy) is 2. The van der Waals surface area contributed by atoms with Gasteiger partial charge in [0.15, 0.2) is 0 Å². The second kappa shape index (κ2) is 9.20. The molecule has 1 amide bonds. The first-order valence-electron chi connectivity index (χ1n) is 9.74. The monoisotopic (exact) mass is 408 g/mol.